The van der Waals surface area contributed by atoms with Gasteiger partial charge in [-0.25, -0.2) is 8.42 Å². The van der Waals surface area contributed by atoms with Crippen LogP contribution in [0.3, 0.4) is 0 Å². The number of nitrogens with one attached hydrogen (secondary N) is 1. The Kier molecular flexibility index (Phi) is 6.52. The van der Waals surface area contributed by atoms with Gasteiger partial charge in [-0.05, 0) is 81.8 Å². The van der Waals surface area contributed by atoms with Gasteiger partial charge in [0.1, 0.15) is 11.5 Å². The number of aryl methyl sites for hydroxylation is 2. The Morgan fingerprint density at radius 3 is 2.29 bits per heavy atom. The predicted octanol–water partition coefficient (Wildman–Crippen LogP) is 4.69. The summed E-state index contributed by atoms with van der Waals surface area (Å²) in [5.74, 6) is 0.609. The van der Waals surface area contributed by atoms with Crippen LogP contribution in [-0.4, -0.2) is 33.1 Å². The number of hydrogen-bond donors (Lipinski definition) is 1. The fourth-order valence-electron chi connectivity index (χ4n) is 3.67. The van der Waals surface area contributed by atoms with Gasteiger partial charge >= 0.3 is 0 Å². The van der Waals surface area contributed by atoms with Gasteiger partial charge in [0, 0.05) is 5.69 Å². The molecule has 3 aromatic rings. The van der Waals surface area contributed by atoms with Crippen molar-refractivity contribution in [1.82, 2.24) is 0 Å². The minimum atomic E-state index is -3.90. The van der Waals surface area contributed by atoms with Crippen LogP contribution in [0.4, 0.5) is 11.4 Å². The Morgan fingerprint density at radius 2 is 1.65 bits per heavy atom. The highest BCUT2D eigenvalue weighted by molar-refractivity contribution is 7.92. The maximum absolute atomic E-state index is 13.5. The normalized spacial score (nSPS) is 15.4. The van der Waals surface area contributed by atoms with Crippen LogP contribution in [0, 0.1) is 13.8 Å². The first-order valence-electron chi connectivity index (χ1n) is 11.1. The van der Waals surface area contributed by atoms with Crippen LogP contribution < -0.4 is 19.1 Å². The molecule has 1 aliphatic heterocycles. The van der Waals surface area contributed by atoms with Gasteiger partial charge in [0.25, 0.3) is 15.9 Å². The molecule has 0 aromatic heterocycles. The first kappa shape index (κ1) is 23.6. The van der Waals surface area contributed by atoms with E-state index in [4.69, 9.17) is 9.47 Å². The topological polar surface area (TPSA) is 84.9 Å². The van der Waals surface area contributed by atoms with E-state index in [1.807, 2.05) is 33.8 Å². The quantitative estimate of drug-likeness (QED) is 0.554. The van der Waals surface area contributed by atoms with Crippen LogP contribution >= 0.6 is 0 Å². The van der Waals surface area contributed by atoms with Gasteiger partial charge in [-0.15, -0.1) is 0 Å². The van der Waals surface area contributed by atoms with Crippen molar-refractivity contribution in [3.8, 4) is 11.5 Å². The highest BCUT2D eigenvalue weighted by atomic mass is 32.2. The summed E-state index contributed by atoms with van der Waals surface area (Å²) in [6.45, 7) is 7.50. The molecule has 0 saturated carbocycles. The van der Waals surface area contributed by atoms with Crippen molar-refractivity contribution in [2.24, 2.45) is 0 Å². The Morgan fingerprint density at radius 1 is 1.00 bits per heavy atom. The fourth-order valence-corrected chi connectivity index (χ4v) is 5.15. The second-order valence-corrected chi connectivity index (χ2v) is 10.5. The van der Waals surface area contributed by atoms with Crippen molar-refractivity contribution in [2.75, 3.05) is 16.2 Å². The van der Waals surface area contributed by atoms with Crippen molar-refractivity contribution in [3.05, 3.63) is 77.9 Å². The molecule has 1 aliphatic rings. The number of benzene rings is 3. The minimum absolute atomic E-state index is 0.0427. The molecule has 0 aliphatic carbocycles. The molecule has 0 saturated heterocycles. The number of fused-ring (bicyclic) bond motifs is 1. The number of carbonyl (C=O) groups excluding carboxylic acids is 1. The van der Waals surface area contributed by atoms with Gasteiger partial charge in [-0.1, -0.05) is 23.8 Å². The summed E-state index contributed by atoms with van der Waals surface area (Å²) in [7, 11) is -3.90. The van der Waals surface area contributed by atoms with E-state index >= 15 is 0 Å². The van der Waals surface area contributed by atoms with Crippen LogP contribution in [0.2, 0.25) is 0 Å². The highest BCUT2D eigenvalue weighted by Gasteiger charge is 2.37. The van der Waals surface area contributed by atoms with E-state index in [-0.39, 0.29) is 17.5 Å². The third kappa shape index (κ3) is 5.02. The molecule has 0 radical (unpaired) electrons. The number of carbonyl (C=O) groups is 1. The lowest BCUT2D eigenvalue weighted by atomic mass is 10.1. The molecule has 8 heteroatoms. The van der Waals surface area contributed by atoms with E-state index in [1.165, 1.54) is 4.31 Å². The Labute approximate surface area is 200 Å². The average molecular weight is 481 g/mol. The van der Waals surface area contributed by atoms with Crippen molar-refractivity contribution in [1.29, 1.82) is 0 Å². The van der Waals surface area contributed by atoms with Crippen molar-refractivity contribution in [2.45, 2.75) is 44.8 Å². The van der Waals surface area contributed by atoms with Gasteiger partial charge in [0.05, 0.1) is 23.2 Å². The highest BCUT2D eigenvalue weighted by Crippen LogP contribution is 2.38. The number of sulfonamides is 1. The number of ether oxygens (including phenoxy) is 2. The molecule has 0 bridgehead atoms. The van der Waals surface area contributed by atoms with Crippen molar-refractivity contribution in [3.63, 3.8) is 0 Å². The third-order valence-corrected chi connectivity index (χ3v) is 7.17. The lowest BCUT2D eigenvalue weighted by Crippen LogP contribution is -2.48. The summed E-state index contributed by atoms with van der Waals surface area (Å²) in [5.41, 5.74) is 2.82. The van der Waals surface area contributed by atoms with E-state index in [1.54, 1.807) is 60.7 Å². The largest absolute Gasteiger partial charge is 0.491 e. The lowest BCUT2D eigenvalue weighted by molar-refractivity contribution is -0.122. The van der Waals surface area contributed by atoms with Crippen LogP contribution in [0.25, 0.3) is 0 Å². The monoisotopic (exact) mass is 480 g/mol. The molecule has 1 atom stereocenters. The molecule has 0 fully saturated rings. The standard InChI is InChI=1S/C26H28N2O5S/c1-17(2)32-21-10-8-20(9-11-21)27-26(29)25-16-28(23-14-7-19(4)15-24(23)33-25)34(30,31)22-12-5-18(3)6-13-22/h5-15,17,25H,16H2,1-4H3,(H,27,29)/t25-/m1/s1. The molecule has 34 heavy (non-hydrogen) atoms. The van der Waals surface area contributed by atoms with Gasteiger partial charge in [-0.2, -0.15) is 0 Å². The summed E-state index contributed by atoms with van der Waals surface area (Å²) in [4.78, 5) is 13.2. The molecule has 0 unspecified atom stereocenters. The number of anilines is 2. The number of amides is 1. The lowest BCUT2D eigenvalue weighted by Gasteiger charge is -2.35. The van der Waals surface area contributed by atoms with Gasteiger partial charge in [0.2, 0.25) is 0 Å². The average Bonchev–Trinajstić information content (AvgIpc) is 2.79. The number of rotatable bonds is 6. The summed E-state index contributed by atoms with van der Waals surface area (Å²) in [6.07, 6.45) is -0.984. The van der Waals surface area contributed by atoms with Crippen LogP contribution in [0.15, 0.2) is 71.6 Å². The van der Waals surface area contributed by atoms with Crippen LogP contribution in [0.1, 0.15) is 25.0 Å². The zero-order valence-electron chi connectivity index (χ0n) is 19.6. The molecule has 0 spiro atoms. The molecule has 1 N–H and O–H groups in total. The van der Waals surface area contributed by atoms with E-state index < -0.39 is 22.0 Å². The van der Waals surface area contributed by atoms with Gasteiger partial charge in [0.15, 0.2) is 6.10 Å². The zero-order valence-corrected chi connectivity index (χ0v) is 20.4. The van der Waals surface area contributed by atoms with Crippen molar-refractivity contribution >= 4 is 27.3 Å². The summed E-state index contributed by atoms with van der Waals surface area (Å²) >= 11 is 0. The molecule has 1 amide bonds. The maximum Gasteiger partial charge on any atom is 0.267 e. The summed E-state index contributed by atoms with van der Waals surface area (Å²) in [5, 5.41) is 2.82. The zero-order chi connectivity index (χ0) is 24.5. The summed E-state index contributed by atoms with van der Waals surface area (Å²) in [6, 6.07) is 18.9. The molecule has 7 nitrogen and oxygen atoms in total. The van der Waals surface area contributed by atoms with E-state index in [9.17, 15) is 13.2 Å². The van der Waals surface area contributed by atoms with Gasteiger partial charge < -0.3 is 14.8 Å². The Hall–Kier alpha value is -3.52. The molecule has 3 aromatic carbocycles. The summed E-state index contributed by atoms with van der Waals surface area (Å²) < 4.78 is 39.9. The van der Waals surface area contributed by atoms with Crippen LogP contribution in [-0.2, 0) is 14.8 Å². The number of hydrogen-bond acceptors (Lipinski definition) is 5. The SMILES string of the molecule is Cc1ccc(S(=O)(=O)N2C[C@H](C(=O)Nc3ccc(OC(C)C)cc3)Oc3cc(C)ccc32)cc1. The molecule has 178 valence electrons. The van der Waals surface area contributed by atoms with Crippen molar-refractivity contribution < 1.29 is 22.7 Å². The molecule has 1 heterocycles. The predicted molar refractivity (Wildman–Crippen MR) is 132 cm³/mol. The second-order valence-electron chi connectivity index (χ2n) is 8.61. The Balaban J connectivity index is 1.61. The second kappa shape index (κ2) is 9.38. The number of nitrogens with zero attached hydrogens (tertiary/aromatic N) is 1. The van der Waals surface area contributed by atoms with Gasteiger partial charge in [-0.3, -0.25) is 9.10 Å². The smallest absolute Gasteiger partial charge is 0.267 e. The van der Waals surface area contributed by atoms with Crippen LogP contribution in [0.5, 0.6) is 11.5 Å². The molecular formula is C26H28N2O5S. The molecular weight excluding hydrogens is 452 g/mol. The third-order valence-electron chi connectivity index (χ3n) is 5.38. The van der Waals surface area contributed by atoms with E-state index in [2.05, 4.69) is 5.32 Å². The minimum Gasteiger partial charge on any atom is -0.491 e. The first-order valence-corrected chi connectivity index (χ1v) is 12.5. The maximum atomic E-state index is 13.5. The molecule has 4 rings (SSSR count). The Bertz CT molecular complexity index is 1290. The first-order chi connectivity index (χ1) is 16.1. The fraction of sp³-hybridized carbons (Fsp3) is 0.269. The van der Waals surface area contributed by atoms with E-state index in [0.717, 1.165) is 11.1 Å². The van der Waals surface area contributed by atoms with E-state index in [0.29, 0.717) is 22.9 Å².